The van der Waals surface area contributed by atoms with Gasteiger partial charge in [0.25, 0.3) is 5.91 Å². The third-order valence-electron chi connectivity index (χ3n) is 1.08. The number of amides is 1. The summed E-state index contributed by atoms with van der Waals surface area (Å²) in [6.07, 6.45) is 1.41. The van der Waals surface area contributed by atoms with Crippen LogP contribution in [0, 0.1) is 0 Å². The Morgan fingerprint density at radius 2 is 2.55 bits per heavy atom. The van der Waals surface area contributed by atoms with E-state index >= 15 is 0 Å². The van der Waals surface area contributed by atoms with Crippen LogP contribution < -0.4 is 0 Å². The Balaban J connectivity index is 2.57. The number of aliphatic imine (C=N–C) groups is 1. The number of hydrogen-bond acceptors (Lipinski definition) is 3. The van der Waals surface area contributed by atoms with E-state index in [-0.39, 0.29) is 6.42 Å². The summed E-state index contributed by atoms with van der Waals surface area (Å²) < 4.78 is 0. The van der Waals surface area contributed by atoms with Crippen molar-refractivity contribution < 1.29 is 9.59 Å². The zero-order chi connectivity index (χ0) is 8.10. The fourth-order valence-electron chi connectivity index (χ4n) is 0.653. The number of rotatable bonds is 2. The molecule has 1 amide bonds. The van der Waals surface area contributed by atoms with Crippen LogP contribution in [0.5, 0.6) is 0 Å². The van der Waals surface area contributed by atoms with Gasteiger partial charge in [-0.15, -0.1) is 16.3 Å². The maximum atomic E-state index is 10.7. The zero-order valence-electron chi connectivity index (χ0n) is 5.61. The van der Waals surface area contributed by atoms with Crippen molar-refractivity contribution in [3.8, 4) is 0 Å². The van der Waals surface area contributed by atoms with Gasteiger partial charge in [0.15, 0.2) is 0 Å². The molecular formula is C7H5NO2S. The van der Waals surface area contributed by atoms with Gasteiger partial charge in [0.2, 0.25) is 6.08 Å². The fraction of sp³-hybridized carbons (Fsp3) is 0.143. The number of hydrogen-bond donors (Lipinski definition) is 0. The van der Waals surface area contributed by atoms with Crippen LogP contribution in [-0.4, -0.2) is 12.0 Å². The predicted octanol–water partition coefficient (Wildman–Crippen LogP) is 1.15. The topological polar surface area (TPSA) is 46.5 Å². The molecule has 0 aromatic carbocycles. The van der Waals surface area contributed by atoms with E-state index in [0.29, 0.717) is 0 Å². The van der Waals surface area contributed by atoms with Gasteiger partial charge in [-0.05, 0) is 11.4 Å². The van der Waals surface area contributed by atoms with Crippen LogP contribution in [0.3, 0.4) is 0 Å². The molecule has 0 saturated heterocycles. The molecule has 0 fully saturated rings. The first-order chi connectivity index (χ1) is 5.33. The highest BCUT2D eigenvalue weighted by atomic mass is 32.1. The Kier molecular flexibility index (Phi) is 2.72. The first-order valence-electron chi connectivity index (χ1n) is 2.96. The molecule has 4 heteroatoms. The van der Waals surface area contributed by atoms with Crippen molar-refractivity contribution >= 4 is 23.3 Å². The summed E-state index contributed by atoms with van der Waals surface area (Å²) in [7, 11) is 0. The molecule has 0 aliphatic rings. The van der Waals surface area contributed by atoms with Crippen molar-refractivity contribution in [3.05, 3.63) is 22.4 Å². The van der Waals surface area contributed by atoms with Crippen molar-refractivity contribution in [2.45, 2.75) is 6.42 Å². The van der Waals surface area contributed by atoms with Crippen LogP contribution in [0.25, 0.3) is 0 Å². The van der Waals surface area contributed by atoms with Crippen molar-refractivity contribution in [1.82, 2.24) is 0 Å². The summed E-state index contributed by atoms with van der Waals surface area (Å²) in [6.45, 7) is 0. The van der Waals surface area contributed by atoms with E-state index in [9.17, 15) is 9.59 Å². The Morgan fingerprint density at radius 3 is 3.09 bits per heavy atom. The molecule has 1 aromatic rings. The second-order valence-corrected chi connectivity index (χ2v) is 2.89. The Labute approximate surface area is 67.4 Å². The van der Waals surface area contributed by atoms with Gasteiger partial charge in [-0.25, -0.2) is 4.79 Å². The Morgan fingerprint density at radius 1 is 1.73 bits per heavy atom. The minimum absolute atomic E-state index is 0.201. The molecule has 1 rings (SSSR count). The van der Waals surface area contributed by atoms with Crippen molar-refractivity contribution in [3.63, 3.8) is 0 Å². The lowest BCUT2D eigenvalue weighted by Gasteiger charge is -1.85. The smallest absolute Gasteiger partial charge is 0.261 e. The highest BCUT2D eigenvalue weighted by Gasteiger charge is 2.00. The average molecular weight is 167 g/mol. The number of isocyanates is 1. The van der Waals surface area contributed by atoms with Gasteiger partial charge in [-0.1, -0.05) is 6.07 Å². The maximum absolute atomic E-state index is 10.7. The Hall–Kier alpha value is -1.25. The lowest BCUT2D eigenvalue weighted by atomic mass is 10.3. The lowest BCUT2D eigenvalue weighted by Crippen LogP contribution is -1.95. The van der Waals surface area contributed by atoms with Crippen LogP contribution in [-0.2, 0) is 16.0 Å². The predicted molar refractivity (Wildman–Crippen MR) is 41.2 cm³/mol. The van der Waals surface area contributed by atoms with Gasteiger partial charge in [0.05, 0.1) is 6.42 Å². The summed E-state index contributed by atoms with van der Waals surface area (Å²) >= 11 is 1.47. The van der Waals surface area contributed by atoms with E-state index in [1.807, 2.05) is 17.5 Å². The van der Waals surface area contributed by atoms with E-state index < -0.39 is 5.91 Å². The summed E-state index contributed by atoms with van der Waals surface area (Å²) in [4.78, 5) is 24.2. The number of carbonyl (C=O) groups is 1. The zero-order valence-corrected chi connectivity index (χ0v) is 6.43. The number of nitrogens with zero attached hydrogens (tertiary/aromatic N) is 1. The molecule has 11 heavy (non-hydrogen) atoms. The fourth-order valence-corrected chi connectivity index (χ4v) is 1.35. The van der Waals surface area contributed by atoms with E-state index in [0.717, 1.165) is 4.88 Å². The average Bonchev–Trinajstić information content (AvgIpc) is 2.40. The highest BCUT2D eigenvalue weighted by molar-refractivity contribution is 7.10. The minimum atomic E-state index is -0.442. The summed E-state index contributed by atoms with van der Waals surface area (Å²) in [5.41, 5.74) is 0. The van der Waals surface area contributed by atoms with Crippen LogP contribution in [0.4, 0.5) is 0 Å². The molecule has 0 radical (unpaired) electrons. The van der Waals surface area contributed by atoms with E-state index in [2.05, 4.69) is 4.99 Å². The molecule has 56 valence electrons. The summed E-state index contributed by atoms with van der Waals surface area (Å²) in [5.74, 6) is -0.442. The van der Waals surface area contributed by atoms with Gasteiger partial charge < -0.3 is 0 Å². The van der Waals surface area contributed by atoms with Crippen LogP contribution in [0.15, 0.2) is 22.5 Å². The molecule has 0 aliphatic carbocycles. The number of carbonyl (C=O) groups excluding carboxylic acids is 2. The Bertz CT molecular complexity index is 285. The molecule has 0 spiro atoms. The summed E-state index contributed by atoms with van der Waals surface area (Å²) in [5, 5.41) is 1.87. The van der Waals surface area contributed by atoms with Crippen molar-refractivity contribution in [2.24, 2.45) is 4.99 Å². The van der Waals surface area contributed by atoms with Crippen LogP contribution >= 0.6 is 11.3 Å². The minimum Gasteiger partial charge on any atom is -0.271 e. The molecule has 0 unspecified atom stereocenters. The van der Waals surface area contributed by atoms with Crippen molar-refractivity contribution in [1.29, 1.82) is 0 Å². The molecule has 0 saturated carbocycles. The normalized spacial score (nSPS) is 8.73. The number of thiophene rings is 1. The third-order valence-corrected chi connectivity index (χ3v) is 1.95. The van der Waals surface area contributed by atoms with Crippen LogP contribution in [0.1, 0.15) is 4.88 Å². The van der Waals surface area contributed by atoms with Crippen LogP contribution in [0.2, 0.25) is 0 Å². The largest absolute Gasteiger partial charge is 0.271 e. The molecule has 0 N–H and O–H groups in total. The maximum Gasteiger partial charge on any atom is 0.261 e. The van der Waals surface area contributed by atoms with Gasteiger partial charge in [-0.2, -0.15) is 0 Å². The van der Waals surface area contributed by atoms with Crippen molar-refractivity contribution in [2.75, 3.05) is 0 Å². The molecule has 3 nitrogen and oxygen atoms in total. The van der Waals surface area contributed by atoms with E-state index in [1.165, 1.54) is 17.4 Å². The third kappa shape index (κ3) is 2.45. The highest BCUT2D eigenvalue weighted by Crippen LogP contribution is 2.09. The quantitative estimate of drug-likeness (QED) is 0.490. The first-order valence-corrected chi connectivity index (χ1v) is 3.84. The lowest BCUT2D eigenvalue weighted by molar-refractivity contribution is -0.117. The van der Waals surface area contributed by atoms with Gasteiger partial charge in [-0.3, -0.25) is 4.79 Å². The molecule has 0 bridgehead atoms. The standard InChI is InChI=1S/C7H5NO2S/c9-5-8-7(10)4-6-2-1-3-11-6/h1-3H,4H2. The second-order valence-electron chi connectivity index (χ2n) is 1.85. The van der Waals surface area contributed by atoms with Gasteiger partial charge in [0.1, 0.15) is 0 Å². The van der Waals surface area contributed by atoms with E-state index in [4.69, 9.17) is 0 Å². The molecular weight excluding hydrogens is 162 g/mol. The SMILES string of the molecule is O=C=NC(=O)Cc1cccs1. The molecule has 0 atom stereocenters. The second kappa shape index (κ2) is 3.81. The van der Waals surface area contributed by atoms with Gasteiger partial charge >= 0.3 is 0 Å². The monoisotopic (exact) mass is 167 g/mol. The summed E-state index contributed by atoms with van der Waals surface area (Å²) in [6, 6.07) is 3.67. The van der Waals surface area contributed by atoms with E-state index in [1.54, 1.807) is 0 Å². The first kappa shape index (κ1) is 7.85. The molecule has 1 aromatic heterocycles. The van der Waals surface area contributed by atoms with Gasteiger partial charge in [0, 0.05) is 4.88 Å². The molecule has 1 heterocycles. The molecule has 0 aliphatic heterocycles.